The molecule has 0 aliphatic heterocycles. The van der Waals surface area contributed by atoms with Crippen LogP contribution in [0.4, 0.5) is 5.82 Å². The molecule has 2 aromatic heterocycles. The topological polar surface area (TPSA) is 153 Å². The van der Waals surface area contributed by atoms with Crippen LogP contribution in [0.15, 0.2) is 12.7 Å². The van der Waals surface area contributed by atoms with Gasteiger partial charge in [0, 0.05) is 12.7 Å². The van der Waals surface area contributed by atoms with Crippen molar-refractivity contribution in [3.63, 3.8) is 0 Å². The van der Waals surface area contributed by atoms with E-state index in [-0.39, 0.29) is 77.9 Å². The average Bonchev–Trinajstić information content (AvgIpc) is 2.69. The monoisotopic (exact) mass is 331 g/mol. The van der Waals surface area contributed by atoms with Crippen LogP contribution in [0.3, 0.4) is 0 Å². The number of aromatic nitrogens is 4. The number of fused-ring (bicyclic) bond motifs is 1. The van der Waals surface area contributed by atoms with Crippen molar-refractivity contribution < 1.29 is 78.6 Å². The molecule has 0 spiro atoms. The summed E-state index contributed by atoms with van der Waals surface area (Å²) in [5.41, 5.74) is 6.55. The second-order valence-corrected chi connectivity index (χ2v) is 5.69. The molecule has 9 nitrogen and oxygen atoms in total. The van der Waals surface area contributed by atoms with Crippen LogP contribution >= 0.6 is 7.60 Å². The van der Waals surface area contributed by atoms with Gasteiger partial charge in [0.25, 0.3) is 0 Å². The SMILES string of the molecule is Nc1ncnc2c1ncn2CC[C@H](O)CP(=O)([O-])[O-].[Na+].[Na+]. The molecule has 0 saturated heterocycles. The third-order valence-corrected chi connectivity index (χ3v) is 3.44. The number of hydrogen-bond donors (Lipinski definition) is 2. The zero-order valence-electron chi connectivity index (χ0n) is 11.8. The fourth-order valence-corrected chi connectivity index (χ4v) is 2.40. The fraction of sp³-hybridized carbons (Fsp3) is 0.444. The van der Waals surface area contributed by atoms with Crippen LogP contribution in [-0.2, 0) is 11.1 Å². The minimum Gasteiger partial charge on any atom is -0.811 e. The Kier molecular flexibility index (Phi) is 9.12. The number of aliphatic hydroxyl groups excluding tert-OH is 1. The normalized spacial score (nSPS) is 12.5. The molecular weight excluding hydrogens is 319 g/mol. The predicted molar refractivity (Wildman–Crippen MR) is 62.8 cm³/mol. The van der Waals surface area contributed by atoms with E-state index in [4.69, 9.17) is 5.73 Å². The van der Waals surface area contributed by atoms with Gasteiger partial charge < -0.3 is 29.8 Å². The molecule has 0 radical (unpaired) electrons. The summed E-state index contributed by atoms with van der Waals surface area (Å²) in [5, 5.41) is 9.45. The van der Waals surface area contributed by atoms with E-state index in [1.165, 1.54) is 12.7 Å². The van der Waals surface area contributed by atoms with Gasteiger partial charge in [-0.3, -0.25) is 0 Å². The fourth-order valence-electron chi connectivity index (χ4n) is 1.70. The van der Waals surface area contributed by atoms with Crippen molar-refractivity contribution in [2.24, 2.45) is 0 Å². The molecule has 104 valence electrons. The number of nitrogens with two attached hydrogens (primary N) is 1. The number of anilines is 1. The van der Waals surface area contributed by atoms with Crippen LogP contribution in [0.2, 0.25) is 0 Å². The molecular formula is C9H12N5Na2O4P. The molecule has 0 amide bonds. The molecule has 0 fully saturated rings. The summed E-state index contributed by atoms with van der Waals surface area (Å²) in [6.45, 7) is 0.272. The molecule has 2 heterocycles. The van der Waals surface area contributed by atoms with Gasteiger partial charge in [-0.2, -0.15) is 0 Å². The van der Waals surface area contributed by atoms with E-state index in [1.807, 2.05) is 0 Å². The van der Waals surface area contributed by atoms with Crippen LogP contribution in [0.1, 0.15) is 6.42 Å². The van der Waals surface area contributed by atoms with E-state index in [9.17, 15) is 19.5 Å². The smallest absolute Gasteiger partial charge is 0.811 e. The van der Waals surface area contributed by atoms with E-state index in [2.05, 4.69) is 15.0 Å². The zero-order chi connectivity index (χ0) is 14.0. The van der Waals surface area contributed by atoms with Gasteiger partial charge in [0.15, 0.2) is 11.5 Å². The molecule has 0 aliphatic rings. The van der Waals surface area contributed by atoms with Gasteiger partial charge in [0.2, 0.25) is 0 Å². The van der Waals surface area contributed by atoms with Crippen LogP contribution in [0, 0.1) is 0 Å². The van der Waals surface area contributed by atoms with Gasteiger partial charge in [-0.15, -0.1) is 0 Å². The Balaban J connectivity index is 0.00000200. The van der Waals surface area contributed by atoms with E-state index in [0.717, 1.165) is 0 Å². The summed E-state index contributed by atoms with van der Waals surface area (Å²) in [4.78, 5) is 32.8. The van der Waals surface area contributed by atoms with Gasteiger partial charge >= 0.3 is 59.1 Å². The Morgan fingerprint density at radius 2 is 2.00 bits per heavy atom. The van der Waals surface area contributed by atoms with Crippen molar-refractivity contribution in [2.75, 3.05) is 11.9 Å². The molecule has 2 rings (SSSR count). The van der Waals surface area contributed by atoms with Gasteiger partial charge in [-0.25, -0.2) is 15.0 Å². The van der Waals surface area contributed by atoms with Crippen molar-refractivity contribution in [3.05, 3.63) is 12.7 Å². The second-order valence-electron chi connectivity index (χ2n) is 4.11. The predicted octanol–water partition coefficient (Wildman–Crippen LogP) is -7.92. The summed E-state index contributed by atoms with van der Waals surface area (Å²) < 4.78 is 12.1. The first-order valence-corrected chi connectivity index (χ1v) is 7.20. The minimum absolute atomic E-state index is 0. The largest absolute Gasteiger partial charge is 1.00 e. The Hall–Kier alpha value is 0.460. The molecule has 1 atom stereocenters. The van der Waals surface area contributed by atoms with Gasteiger partial charge in [-0.1, -0.05) is 7.60 Å². The van der Waals surface area contributed by atoms with Gasteiger partial charge in [0.05, 0.1) is 12.4 Å². The first kappa shape index (κ1) is 21.5. The number of aliphatic hydroxyl groups is 1. The maximum absolute atomic E-state index is 10.5. The van der Waals surface area contributed by atoms with Crippen molar-refractivity contribution in [3.8, 4) is 0 Å². The summed E-state index contributed by atoms with van der Waals surface area (Å²) in [7, 11) is -4.70. The third-order valence-electron chi connectivity index (χ3n) is 2.57. The summed E-state index contributed by atoms with van der Waals surface area (Å²) in [5.74, 6) is 0.243. The van der Waals surface area contributed by atoms with Gasteiger partial charge in [0.1, 0.15) is 11.8 Å². The zero-order valence-corrected chi connectivity index (χ0v) is 16.7. The van der Waals surface area contributed by atoms with Crippen LogP contribution in [0.25, 0.3) is 11.2 Å². The molecule has 0 aromatic carbocycles. The van der Waals surface area contributed by atoms with Crippen molar-refractivity contribution in [2.45, 2.75) is 19.1 Å². The molecule has 3 N–H and O–H groups in total. The maximum atomic E-state index is 10.5. The molecule has 0 aliphatic carbocycles. The number of nitrogen functional groups attached to an aromatic ring is 1. The number of imidazole rings is 1. The first-order valence-electron chi connectivity index (χ1n) is 5.47. The van der Waals surface area contributed by atoms with E-state index < -0.39 is 19.9 Å². The molecule has 21 heavy (non-hydrogen) atoms. The van der Waals surface area contributed by atoms with Crippen molar-refractivity contribution in [1.29, 1.82) is 0 Å². The Morgan fingerprint density at radius 1 is 1.33 bits per heavy atom. The van der Waals surface area contributed by atoms with Crippen molar-refractivity contribution in [1.82, 2.24) is 19.5 Å². The third kappa shape index (κ3) is 6.23. The Labute approximate surface area is 165 Å². The quantitative estimate of drug-likeness (QED) is 0.404. The van der Waals surface area contributed by atoms with E-state index >= 15 is 0 Å². The Morgan fingerprint density at radius 3 is 2.62 bits per heavy atom. The number of nitrogens with zero attached hydrogens (tertiary/aromatic N) is 4. The van der Waals surface area contributed by atoms with Crippen molar-refractivity contribution >= 4 is 24.6 Å². The average molecular weight is 331 g/mol. The summed E-state index contributed by atoms with van der Waals surface area (Å²) in [6, 6.07) is 0. The summed E-state index contributed by atoms with van der Waals surface area (Å²) >= 11 is 0. The standard InChI is InChI=1S/C9H14N5O4P.2Na/c10-8-7-9(12-4-11-8)14(5-13-7)2-1-6(15)3-19(16,17)18;;/h4-6,15H,1-3H2,(H2,10,11,12)(H2,16,17,18);;/q;2*+1/p-2/t6-;;/m0../s1. The molecule has 0 saturated carbocycles. The van der Waals surface area contributed by atoms with Crippen LogP contribution in [0.5, 0.6) is 0 Å². The number of aryl methyl sites for hydroxylation is 1. The molecule has 2 aromatic rings. The number of hydrogen-bond acceptors (Lipinski definition) is 8. The maximum Gasteiger partial charge on any atom is 1.00 e. The van der Waals surface area contributed by atoms with E-state index in [1.54, 1.807) is 4.57 Å². The second kappa shape index (κ2) is 8.93. The molecule has 0 unspecified atom stereocenters. The van der Waals surface area contributed by atoms with Crippen LogP contribution < -0.4 is 74.6 Å². The first-order chi connectivity index (χ1) is 8.87. The summed E-state index contributed by atoms with van der Waals surface area (Å²) in [6.07, 6.45) is 0.865. The number of rotatable bonds is 5. The molecule has 12 heteroatoms. The Bertz CT molecular complexity index is 634. The minimum atomic E-state index is -4.70. The van der Waals surface area contributed by atoms with Crippen LogP contribution in [-0.4, -0.2) is 36.9 Å². The van der Waals surface area contributed by atoms with E-state index in [0.29, 0.717) is 11.2 Å². The molecule has 0 bridgehead atoms. The van der Waals surface area contributed by atoms with Gasteiger partial charge in [-0.05, 0) is 6.42 Å².